The molecule has 1 N–H and O–H groups in total. The summed E-state index contributed by atoms with van der Waals surface area (Å²) in [5.74, 6) is 0.640. The second-order valence-corrected chi connectivity index (χ2v) is 9.98. The Bertz CT molecular complexity index is 376. The van der Waals surface area contributed by atoms with Crippen LogP contribution < -0.4 is 5.32 Å². The van der Waals surface area contributed by atoms with Crippen LogP contribution in [0.25, 0.3) is 0 Å². The van der Waals surface area contributed by atoms with Gasteiger partial charge in [-0.2, -0.15) is 0 Å². The summed E-state index contributed by atoms with van der Waals surface area (Å²) in [5, 5.41) is 3.64. The van der Waals surface area contributed by atoms with Gasteiger partial charge in [0.1, 0.15) is 9.84 Å². The highest BCUT2D eigenvalue weighted by Gasteiger charge is 2.32. The van der Waals surface area contributed by atoms with Gasteiger partial charge in [-0.1, -0.05) is 26.2 Å². The van der Waals surface area contributed by atoms with Crippen LogP contribution in [0.2, 0.25) is 0 Å². The van der Waals surface area contributed by atoms with Crippen LogP contribution in [0, 0.1) is 5.41 Å². The first kappa shape index (κ1) is 18.0. The molecule has 0 aliphatic heterocycles. The summed E-state index contributed by atoms with van der Waals surface area (Å²) < 4.78 is 23.3. The summed E-state index contributed by atoms with van der Waals surface area (Å²) in [6.07, 6.45) is 8.31. The van der Waals surface area contributed by atoms with E-state index in [0.29, 0.717) is 11.2 Å². The fourth-order valence-electron chi connectivity index (χ4n) is 3.08. The van der Waals surface area contributed by atoms with Crippen molar-refractivity contribution in [3.05, 3.63) is 0 Å². The Labute approximate surface area is 125 Å². The SMILES string of the molecule is CCS(=O)(=O)CCCC1(CNC(C)(C)C)CCCCC1. The molecular weight excluding hydrogens is 270 g/mol. The van der Waals surface area contributed by atoms with Crippen LogP contribution in [0.1, 0.15) is 72.6 Å². The van der Waals surface area contributed by atoms with E-state index in [0.717, 1.165) is 19.4 Å². The molecular formula is C16H33NO2S. The van der Waals surface area contributed by atoms with Crippen LogP contribution in [0.3, 0.4) is 0 Å². The number of sulfone groups is 1. The van der Waals surface area contributed by atoms with Gasteiger partial charge in [-0.3, -0.25) is 0 Å². The monoisotopic (exact) mass is 303 g/mol. The molecule has 0 radical (unpaired) electrons. The molecule has 0 aromatic carbocycles. The molecule has 1 aliphatic carbocycles. The van der Waals surface area contributed by atoms with Crippen LogP contribution in [0.4, 0.5) is 0 Å². The quantitative estimate of drug-likeness (QED) is 0.782. The third kappa shape index (κ3) is 6.57. The minimum absolute atomic E-state index is 0.139. The molecule has 0 atom stereocenters. The topological polar surface area (TPSA) is 46.2 Å². The lowest BCUT2D eigenvalue weighted by Crippen LogP contribution is -2.45. The van der Waals surface area contributed by atoms with Gasteiger partial charge >= 0.3 is 0 Å². The van der Waals surface area contributed by atoms with Gasteiger partial charge in [0.05, 0.1) is 5.75 Å². The zero-order valence-corrected chi connectivity index (χ0v) is 14.6. The molecule has 0 aromatic rings. The first-order valence-electron chi connectivity index (χ1n) is 8.14. The predicted octanol–water partition coefficient (Wildman–Crippen LogP) is 3.54. The molecule has 0 unspecified atom stereocenters. The fourth-order valence-corrected chi connectivity index (χ4v) is 3.95. The Hall–Kier alpha value is -0.0900. The lowest BCUT2D eigenvalue weighted by Gasteiger charge is -2.40. The molecule has 0 spiro atoms. The molecule has 0 heterocycles. The Morgan fingerprint density at radius 1 is 1.10 bits per heavy atom. The van der Waals surface area contributed by atoms with Crippen LogP contribution in [0.15, 0.2) is 0 Å². The summed E-state index contributed by atoms with van der Waals surface area (Å²) in [6, 6.07) is 0. The van der Waals surface area contributed by atoms with E-state index in [1.165, 1.54) is 32.1 Å². The summed E-state index contributed by atoms with van der Waals surface area (Å²) in [7, 11) is -2.81. The zero-order chi connectivity index (χ0) is 15.3. The van der Waals surface area contributed by atoms with Crippen molar-refractivity contribution >= 4 is 9.84 Å². The third-order valence-electron chi connectivity index (χ3n) is 4.51. The van der Waals surface area contributed by atoms with Crippen molar-refractivity contribution in [2.24, 2.45) is 5.41 Å². The van der Waals surface area contributed by atoms with Crippen molar-refractivity contribution in [1.29, 1.82) is 0 Å². The summed E-state index contributed by atoms with van der Waals surface area (Å²) in [6.45, 7) is 9.37. The average molecular weight is 304 g/mol. The van der Waals surface area contributed by atoms with Crippen molar-refractivity contribution in [2.45, 2.75) is 78.2 Å². The number of rotatable bonds is 7. The van der Waals surface area contributed by atoms with E-state index in [1.54, 1.807) is 6.92 Å². The van der Waals surface area contributed by atoms with Crippen LogP contribution in [-0.4, -0.2) is 32.0 Å². The molecule has 20 heavy (non-hydrogen) atoms. The number of nitrogens with one attached hydrogen (secondary N) is 1. The molecule has 0 amide bonds. The first-order valence-corrected chi connectivity index (χ1v) is 9.96. The van der Waals surface area contributed by atoms with Crippen LogP contribution in [0.5, 0.6) is 0 Å². The van der Waals surface area contributed by atoms with E-state index < -0.39 is 9.84 Å². The van der Waals surface area contributed by atoms with Gasteiger partial charge < -0.3 is 5.32 Å². The third-order valence-corrected chi connectivity index (χ3v) is 6.30. The maximum absolute atomic E-state index is 11.6. The Morgan fingerprint density at radius 2 is 1.70 bits per heavy atom. The minimum atomic E-state index is -2.81. The van der Waals surface area contributed by atoms with Gasteiger partial charge in [0.2, 0.25) is 0 Å². The second kappa shape index (κ2) is 7.26. The number of hydrogen-bond donors (Lipinski definition) is 1. The fraction of sp³-hybridized carbons (Fsp3) is 1.00. The zero-order valence-electron chi connectivity index (χ0n) is 13.8. The van der Waals surface area contributed by atoms with E-state index in [4.69, 9.17) is 0 Å². The second-order valence-electron chi connectivity index (χ2n) is 7.50. The molecule has 1 fully saturated rings. The van der Waals surface area contributed by atoms with Crippen LogP contribution in [-0.2, 0) is 9.84 Å². The van der Waals surface area contributed by atoms with Gasteiger partial charge in [0.15, 0.2) is 0 Å². The standard InChI is InChI=1S/C16H33NO2S/c1-5-20(18,19)13-9-12-16(10-7-6-8-11-16)14-17-15(2,3)4/h17H,5-14H2,1-4H3. The van der Waals surface area contributed by atoms with E-state index in [9.17, 15) is 8.42 Å². The molecule has 1 aliphatic rings. The summed E-state index contributed by atoms with van der Waals surface area (Å²) in [5.41, 5.74) is 0.467. The molecule has 4 heteroatoms. The van der Waals surface area contributed by atoms with E-state index in [1.807, 2.05) is 0 Å². The maximum atomic E-state index is 11.6. The van der Waals surface area contributed by atoms with Crippen LogP contribution >= 0.6 is 0 Å². The van der Waals surface area contributed by atoms with Crippen molar-refractivity contribution in [2.75, 3.05) is 18.1 Å². The Balaban J connectivity index is 2.55. The molecule has 120 valence electrons. The summed E-state index contributed by atoms with van der Waals surface area (Å²) in [4.78, 5) is 0. The minimum Gasteiger partial charge on any atom is -0.312 e. The van der Waals surface area contributed by atoms with E-state index >= 15 is 0 Å². The highest BCUT2D eigenvalue weighted by Crippen LogP contribution is 2.40. The van der Waals surface area contributed by atoms with Crippen molar-refractivity contribution in [1.82, 2.24) is 5.32 Å². The largest absolute Gasteiger partial charge is 0.312 e. The maximum Gasteiger partial charge on any atom is 0.150 e. The smallest absolute Gasteiger partial charge is 0.150 e. The van der Waals surface area contributed by atoms with Gasteiger partial charge in [-0.05, 0) is 51.9 Å². The van der Waals surface area contributed by atoms with Crippen molar-refractivity contribution in [3.63, 3.8) is 0 Å². The highest BCUT2D eigenvalue weighted by molar-refractivity contribution is 7.91. The average Bonchev–Trinajstić information content (AvgIpc) is 2.37. The van der Waals surface area contributed by atoms with Gasteiger partial charge in [0.25, 0.3) is 0 Å². The first-order chi connectivity index (χ1) is 9.18. The molecule has 1 saturated carbocycles. The Morgan fingerprint density at radius 3 is 2.20 bits per heavy atom. The van der Waals surface area contributed by atoms with Crippen molar-refractivity contribution < 1.29 is 8.42 Å². The molecule has 3 nitrogen and oxygen atoms in total. The predicted molar refractivity (Wildman–Crippen MR) is 86.8 cm³/mol. The Kier molecular flexibility index (Phi) is 6.52. The summed E-state index contributed by atoms with van der Waals surface area (Å²) >= 11 is 0. The molecule has 0 saturated heterocycles. The number of hydrogen-bond acceptors (Lipinski definition) is 3. The van der Waals surface area contributed by atoms with Gasteiger partial charge in [-0.25, -0.2) is 8.42 Å². The lowest BCUT2D eigenvalue weighted by atomic mass is 9.71. The van der Waals surface area contributed by atoms with E-state index in [-0.39, 0.29) is 11.3 Å². The van der Waals surface area contributed by atoms with Gasteiger partial charge in [0, 0.05) is 17.8 Å². The molecule has 1 rings (SSSR count). The lowest BCUT2D eigenvalue weighted by molar-refractivity contribution is 0.151. The molecule has 0 aromatic heterocycles. The van der Waals surface area contributed by atoms with Crippen molar-refractivity contribution in [3.8, 4) is 0 Å². The highest BCUT2D eigenvalue weighted by atomic mass is 32.2. The molecule has 0 bridgehead atoms. The normalized spacial score (nSPS) is 20.0. The van der Waals surface area contributed by atoms with E-state index in [2.05, 4.69) is 26.1 Å². The van der Waals surface area contributed by atoms with Gasteiger partial charge in [-0.15, -0.1) is 0 Å².